The highest BCUT2D eigenvalue weighted by molar-refractivity contribution is 5.94. The van der Waals surface area contributed by atoms with Gasteiger partial charge in [-0.3, -0.25) is 0 Å². The van der Waals surface area contributed by atoms with Gasteiger partial charge in [0.2, 0.25) is 0 Å². The summed E-state index contributed by atoms with van der Waals surface area (Å²) < 4.78 is 28.6. The van der Waals surface area contributed by atoms with Crippen molar-refractivity contribution in [2.45, 2.75) is 25.9 Å². The molecular formula is C34H38N4O6. The van der Waals surface area contributed by atoms with Crippen LogP contribution in [0, 0.1) is 0 Å². The molecule has 0 atom stereocenters. The number of nitrogens with zero attached hydrogens (tertiary/aromatic N) is 3. The minimum Gasteiger partial charge on any atom is -0.493 e. The van der Waals surface area contributed by atoms with Gasteiger partial charge in [-0.15, -0.1) is 0 Å². The van der Waals surface area contributed by atoms with Crippen LogP contribution in [0.1, 0.15) is 30.4 Å². The number of methoxy groups -OCH3 is 3. The van der Waals surface area contributed by atoms with Crippen molar-refractivity contribution in [2.75, 3.05) is 52.9 Å². The topological polar surface area (TPSA) is 104 Å². The number of rotatable bonds is 14. The summed E-state index contributed by atoms with van der Waals surface area (Å²) in [6.07, 6.45) is 7.95. The molecule has 0 spiro atoms. The van der Waals surface area contributed by atoms with Crippen LogP contribution < -0.4 is 24.3 Å². The molecule has 1 N–H and O–H groups in total. The Morgan fingerprint density at radius 3 is 2.48 bits per heavy atom. The third-order valence-corrected chi connectivity index (χ3v) is 7.38. The fraction of sp³-hybridized carbons (Fsp3) is 0.324. The molecule has 1 fully saturated rings. The molecule has 0 aliphatic carbocycles. The Bertz CT molecular complexity index is 1590. The summed E-state index contributed by atoms with van der Waals surface area (Å²) in [5.74, 6) is 2.27. The summed E-state index contributed by atoms with van der Waals surface area (Å²) in [4.78, 5) is 23.3. The molecule has 10 heteroatoms. The van der Waals surface area contributed by atoms with Gasteiger partial charge in [0.25, 0.3) is 0 Å². The average Bonchev–Trinajstić information content (AvgIpc) is 3.58. The fourth-order valence-electron chi connectivity index (χ4n) is 5.12. The zero-order valence-corrected chi connectivity index (χ0v) is 25.4. The van der Waals surface area contributed by atoms with E-state index in [1.54, 1.807) is 26.4 Å². The van der Waals surface area contributed by atoms with E-state index in [-0.39, 0.29) is 0 Å². The molecule has 1 saturated heterocycles. The number of fused-ring (bicyclic) bond motifs is 1. The summed E-state index contributed by atoms with van der Waals surface area (Å²) >= 11 is 0. The van der Waals surface area contributed by atoms with Gasteiger partial charge in [0, 0.05) is 24.1 Å². The van der Waals surface area contributed by atoms with Crippen molar-refractivity contribution in [1.29, 1.82) is 0 Å². The molecule has 230 valence electrons. The zero-order valence-electron chi connectivity index (χ0n) is 25.4. The maximum Gasteiger partial charge on any atom is 0.330 e. The quantitative estimate of drug-likeness (QED) is 0.105. The standard InChI is InChI=1S/C34H38N4O6/c1-40-29-21-27-26(20-30(29)43-17-9-16-38-14-7-8-15-38)34(36-23-35-27)37-28-18-25(12-13-32(39)42-3)19-31(41-2)33(28)44-22-24-10-5-4-6-11-24/h4-6,10-13,18-21,23H,7-9,14-17,22H2,1-3H3,(H,35,36,37)/b13-12+. The Morgan fingerprint density at radius 1 is 0.932 bits per heavy atom. The molecule has 0 amide bonds. The first-order valence-electron chi connectivity index (χ1n) is 14.7. The van der Waals surface area contributed by atoms with Crippen LogP contribution >= 0.6 is 0 Å². The summed E-state index contributed by atoms with van der Waals surface area (Å²) in [6.45, 7) is 4.22. The highest BCUT2D eigenvalue weighted by Crippen LogP contribution is 2.41. The highest BCUT2D eigenvalue weighted by Gasteiger charge is 2.18. The lowest BCUT2D eigenvalue weighted by molar-refractivity contribution is -0.134. The normalized spacial score (nSPS) is 13.2. The number of ether oxygens (including phenoxy) is 5. The second-order valence-corrected chi connectivity index (χ2v) is 10.3. The largest absolute Gasteiger partial charge is 0.493 e. The van der Waals surface area contributed by atoms with Gasteiger partial charge in [0.15, 0.2) is 23.0 Å². The van der Waals surface area contributed by atoms with E-state index in [1.165, 1.54) is 32.4 Å². The molecule has 1 aromatic heterocycles. The van der Waals surface area contributed by atoms with Gasteiger partial charge in [-0.05, 0) is 67.8 Å². The summed E-state index contributed by atoms with van der Waals surface area (Å²) in [6, 6.07) is 17.3. The number of likely N-dealkylation sites (tertiary alicyclic amines) is 1. The van der Waals surface area contributed by atoms with Crippen LogP contribution in [0.2, 0.25) is 0 Å². The highest BCUT2D eigenvalue weighted by atomic mass is 16.5. The van der Waals surface area contributed by atoms with Crippen LogP contribution in [0.15, 0.2) is 67.0 Å². The predicted octanol–water partition coefficient (Wildman–Crippen LogP) is 6.02. The Kier molecular flexibility index (Phi) is 10.5. The first kappa shape index (κ1) is 30.6. The minimum atomic E-state index is -0.466. The van der Waals surface area contributed by atoms with Crippen molar-refractivity contribution in [3.63, 3.8) is 0 Å². The molecule has 10 nitrogen and oxygen atoms in total. The van der Waals surface area contributed by atoms with E-state index in [0.29, 0.717) is 58.8 Å². The van der Waals surface area contributed by atoms with Crippen LogP contribution in [0.3, 0.4) is 0 Å². The monoisotopic (exact) mass is 598 g/mol. The molecule has 4 aromatic rings. The first-order valence-corrected chi connectivity index (χ1v) is 14.7. The lowest BCUT2D eigenvalue weighted by Gasteiger charge is -2.19. The first-order chi connectivity index (χ1) is 21.6. The Morgan fingerprint density at radius 2 is 1.73 bits per heavy atom. The van der Waals surface area contributed by atoms with Crippen LogP contribution in [-0.2, 0) is 16.1 Å². The third kappa shape index (κ3) is 7.76. The van der Waals surface area contributed by atoms with Crippen molar-refractivity contribution < 1.29 is 28.5 Å². The van der Waals surface area contributed by atoms with Crippen LogP contribution in [0.25, 0.3) is 17.0 Å². The van der Waals surface area contributed by atoms with E-state index < -0.39 is 5.97 Å². The molecule has 44 heavy (non-hydrogen) atoms. The number of anilines is 2. The second-order valence-electron chi connectivity index (χ2n) is 10.3. The molecule has 0 unspecified atom stereocenters. The van der Waals surface area contributed by atoms with Gasteiger partial charge in [0.05, 0.1) is 39.1 Å². The second kappa shape index (κ2) is 15.1. The maximum absolute atomic E-state index is 11.8. The van der Waals surface area contributed by atoms with E-state index in [2.05, 4.69) is 20.2 Å². The van der Waals surface area contributed by atoms with Crippen molar-refractivity contribution in [3.05, 3.63) is 78.1 Å². The van der Waals surface area contributed by atoms with E-state index >= 15 is 0 Å². The molecule has 1 aliphatic rings. The predicted molar refractivity (Wildman–Crippen MR) is 170 cm³/mol. The zero-order chi connectivity index (χ0) is 30.7. The Labute approximate surface area is 257 Å². The SMILES string of the molecule is COC(=O)/C=C/c1cc(Nc2ncnc3cc(OC)c(OCCCN4CCCC4)cc23)c(OCc2ccccc2)c(OC)c1. The number of hydrogen-bond acceptors (Lipinski definition) is 10. The van der Waals surface area contributed by atoms with Gasteiger partial charge in [-0.25, -0.2) is 14.8 Å². The third-order valence-electron chi connectivity index (χ3n) is 7.38. The number of nitrogens with one attached hydrogen (secondary N) is 1. The van der Waals surface area contributed by atoms with E-state index in [9.17, 15) is 4.79 Å². The summed E-state index contributed by atoms with van der Waals surface area (Å²) in [7, 11) is 4.53. The van der Waals surface area contributed by atoms with Crippen LogP contribution in [0.4, 0.5) is 11.5 Å². The number of carbonyl (C=O) groups excluding carboxylic acids is 1. The lowest BCUT2D eigenvalue weighted by atomic mass is 10.1. The van der Waals surface area contributed by atoms with Crippen molar-refractivity contribution in [3.8, 4) is 23.0 Å². The lowest BCUT2D eigenvalue weighted by Crippen LogP contribution is -2.21. The van der Waals surface area contributed by atoms with Gasteiger partial charge in [-0.2, -0.15) is 0 Å². The van der Waals surface area contributed by atoms with Crippen molar-refractivity contribution in [2.24, 2.45) is 0 Å². The smallest absolute Gasteiger partial charge is 0.330 e. The summed E-state index contributed by atoms with van der Waals surface area (Å²) in [5.41, 5.74) is 2.98. The van der Waals surface area contributed by atoms with Gasteiger partial charge in [0.1, 0.15) is 18.8 Å². The van der Waals surface area contributed by atoms with Crippen LogP contribution in [-0.4, -0.2) is 68.4 Å². The Balaban J connectivity index is 1.47. The molecule has 0 radical (unpaired) electrons. The molecule has 2 heterocycles. The number of aromatic nitrogens is 2. The average molecular weight is 599 g/mol. The number of hydrogen-bond donors (Lipinski definition) is 1. The maximum atomic E-state index is 11.8. The molecule has 5 rings (SSSR count). The number of esters is 1. The van der Waals surface area contributed by atoms with E-state index in [1.807, 2.05) is 48.5 Å². The van der Waals surface area contributed by atoms with Crippen molar-refractivity contribution >= 4 is 34.5 Å². The Hall–Kier alpha value is -4.83. The van der Waals surface area contributed by atoms with Gasteiger partial charge in [-0.1, -0.05) is 30.3 Å². The molecule has 0 bridgehead atoms. The minimum absolute atomic E-state index is 0.320. The number of benzene rings is 3. The van der Waals surface area contributed by atoms with E-state index in [0.717, 1.165) is 37.0 Å². The summed E-state index contributed by atoms with van der Waals surface area (Å²) in [5, 5.41) is 4.17. The molecular weight excluding hydrogens is 560 g/mol. The van der Waals surface area contributed by atoms with Gasteiger partial charge >= 0.3 is 5.97 Å². The molecule has 0 saturated carbocycles. The number of carbonyl (C=O) groups is 1. The van der Waals surface area contributed by atoms with Crippen LogP contribution in [0.5, 0.6) is 23.0 Å². The van der Waals surface area contributed by atoms with E-state index in [4.69, 9.17) is 23.7 Å². The molecule has 3 aromatic carbocycles. The molecule has 1 aliphatic heterocycles. The fourth-order valence-corrected chi connectivity index (χ4v) is 5.12. The van der Waals surface area contributed by atoms with Crippen molar-refractivity contribution in [1.82, 2.24) is 14.9 Å². The van der Waals surface area contributed by atoms with Gasteiger partial charge < -0.3 is 33.9 Å².